The number of aryl methyl sites for hydroxylation is 1. The maximum Gasteiger partial charge on any atom is 0.222 e. The number of piperidine rings is 1. The van der Waals surface area contributed by atoms with Crippen molar-refractivity contribution in [2.75, 3.05) is 13.1 Å². The molecule has 2 N–H and O–H groups in total. The Balaban J connectivity index is 1.91. The Morgan fingerprint density at radius 1 is 1.42 bits per heavy atom. The summed E-state index contributed by atoms with van der Waals surface area (Å²) in [5.74, 6) is 0.145. The third-order valence-corrected chi connectivity index (χ3v) is 4.31. The number of halogens is 2. The standard InChI is InChI=1S/C14H18Cl2N2O/c15-12-5-1-3-10(14(12)16)6-7-13(19)18-8-2-4-11(17)9-18/h1,3,5,11H,2,4,6-9,17H2/t11-/m0/s1. The molecule has 1 amide bonds. The van der Waals surface area contributed by atoms with Gasteiger partial charge in [0.05, 0.1) is 10.0 Å². The number of hydrogen-bond donors (Lipinski definition) is 1. The highest BCUT2D eigenvalue weighted by atomic mass is 35.5. The van der Waals surface area contributed by atoms with Crippen molar-refractivity contribution in [1.82, 2.24) is 4.90 Å². The van der Waals surface area contributed by atoms with Gasteiger partial charge in [0.1, 0.15) is 0 Å². The van der Waals surface area contributed by atoms with Crippen molar-refractivity contribution in [3.8, 4) is 0 Å². The van der Waals surface area contributed by atoms with E-state index < -0.39 is 0 Å². The first kappa shape index (κ1) is 14.6. The zero-order valence-electron chi connectivity index (χ0n) is 10.7. The first-order valence-corrected chi connectivity index (χ1v) is 7.30. The maximum absolute atomic E-state index is 12.1. The number of likely N-dealkylation sites (tertiary alicyclic amines) is 1. The van der Waals surface area contributed by atoms with E-state index in [1.807, 2.05) is 17.0 Å². The molecule has 1 fully saturated rings. The van der Waals surface area contributed by atoms with Crippen LogP contribution in [0.3, 0.4) is 0 Å². The normalized spacial score (nSPS) is 19.5. The molecule has 1 atom stereocenters. The quantitative estimate of drug-likeness (QED) is 0.933. The summed E-state index contributed by atoms with van der Waals surface area (Å²) in [5.41, 5.74) is 6.80. The van der Waals surface area contributed by atoms with Gasteiger partial charge < -0.3 is 10.6 Å². The van der Waals surface area contributed by atoms with Crippen LogP contribution in [-0.2, 0) is 11.2 Å². The van der Waals surface area contributed by atoms with Crippen molar-refractivity contribution in [2.24, 2.45) is 5.73 Å². The average molecular weight is 301 g/mol. The Morgan fingerprint density at radius 3 is 2.95 bits per heavy atom. The first-order valence-electron chi connectivity index (χ1n) is 6.54. The van der Waals surface area contributed by atoms with Gasteiger partial charge in [-0.25, -0.2) is 0 Å². The van der Waals surface area contributed by atoms with Gasteiger partial charge in [-0.2, -0.15) is 0 Å². The summed E-state index contributed by atoms with van der Waals surface area (Å²) >= 11 is 12.1. The van der Waals surface area contributed by atoms with Gasteiger partial charge in [0.15, 0.2) is 0 Å². The minimum atomic E-state index is 0.118. The van der Waals surface area contributed by atoms with Crippen LogP contribution in [-0.4, -0.2) is 29.9 Å². The van der Waals surface area contributed by atoms with Crippen LogP contribution in [0.4, 0.5) is 0 Å². The second-order valence-electron chi connectivity index (χ2n) is 4.96. The molecule has 0 radical (unpaired) electrons. The number of amides is 1. The number of nitrogens with two attached hydrogens (primary N) is 1. The average Bonchev–Trinajstić information content (AvgIpc) is 2.40. The molecular formula is C14H18Cl2N2O. The number of nitrogens with zero attached hydrogens (tertiary/aromatic N) is 1. The van der Waals surface area contributed by atoms with E-state index in [4.69, 9.17) is 28.9 Å². The largest absolute Gasteiger partial charge is 0.341 e. The maximum atomic E-state index is 12.1. The number of carbonyl (C=O) groups excluding carboxylic acids is 1. The number of hydrogen-bond acceptors (Lipinski definition) is 2. The van der Waals surface area contributed by atoms with Crippen LogP contribution >= 0.6 is 23.2 Å². The summed E-state index contributed by atoms with van der Waals surface area (Å²) in [6.45, 7) is 1.48. The molecule has 19 heavy (non-hydrogen) atoms. The molecule has 5 heteroatoms. The molecule has 0 aliphatic carbocycles. The smallest absolute Gasteiger partial charge is 0.222 e. The minimum Gasteiger partial charge on any atom is -0.341 e. The zero-order valence-corrected chi connectivity index (χ0v) is 12.3. The summed E-state index contributed by atoms with van der Waals surface area (Å²) in [6, 6.07) is 5.63. The molecule has 0 bridgehead atoms. The van der Waals surface area contributed by atoms with E-state index in [2.05, 4.69) is 0 Å². The molecule has 1 aromatic rings. The lowest BCUT2D eigenvalue weighted by Gasteiger charge is -2.30. The van der Waals surface area contributed by atoms with Gasteiger partial charge in [-0.3, -0.25) is 4.79 Å². The van der Waals surface area contributed by atoms with Gasteiger partial charge in [0.25, 0.3) is 0 Å². The second-order valence-corrected chi connectivity index (χ2v) is 5.74. The molecule has 104 valence electrons. The van der Waals surface area contributed by atoms with Gasteiger partial charge in [-0.05, 0) is 30.9 Å². The molecule has 1 aliphatic rings. The molecule has 1 aromatic carbocycles. The summed E-state index contributed by atoms with van der Waals surface area (Å²) in [7, 11) is 0. The predicted octanol–water partition coefficient (Wildman–Crippen LogP) is 2.88. The molecule has 1 saturated heterocycles. The molecule has 2 rings (SSSR count). The number of rotatable bonds is 3. The van der Waals surface area contributed by atoms with Gasteiger partial charge >= 0.3 is 0 Å². The third-order valence-electron chi connectivity index (χ3n) is 3.45. The molecule has 0 unspecified atom stereocenters. The fourth-order valence-corrected chi connectivity index (χ4v) is 2.79. The van der Waals surface area contributed by atoms with Crippen LogP contribution in [0.5, 0.6) is 0 Å². The van der Waals surface area contributed by atoms with Crippen molar-refractivity contribution in [3.05, 3.63) is 33.8 Å². The van der Waals surface area contributed by atoms with Gasteiger partial charge in [0.2, 0.25) is 5.91 Å². The van der Waals surface area contributed by atoms with E-state index in [0.717, 1.165) is 24.9 Å². The molecule has 0 saturated carbocycles. The number of benzene rings is 1. The summed E-state index contributed by atoms with van der Waals surface area (Å²) in [5, 5.41) is 1.08. The Hall–Kier alpha value is -0.770. The fourth-order valence-electron chi connectivity index (χ4n) is 2.38. The predicted molar refractivity (Wildman–Crippen MR) is 78.6 cm³/mol. The van der Waals surface area contributed by atoms with Crippen molar-refractivity contribution < 1.29 is 4.79 Å². The summed E-state index contributed by atoms with van der Waals surface area (Å²) < 4.78 is 0. The molecule has 0 spiro atoms. The van der Waals surface area contributed by atoms with Gasteiger partial charge in [0, 0.05) is 25.6 Å². The monoisotopic (exact) mass is 300 g/mol. The van der Waals surface area contributed by atoms with E-state index in [0.29, 0.717) is 29.4 Å². The SMILES string of the molecule is N[C@H]1CCCN(C(=O)CCc2cccc(Cl)c2Cl)C1. The molecule has 1 heterocycles. The van der Waals surface area contributed by atoms with E-state index in [9.17, 15) is 4.79 Å². The topological polar surface area (TPSA) is 46.3 Å². The van der Waals surface area contributed by atoms with E-state index in [1.54, 1.807) is 6.07 Å². The van der Waals surface area contributed by atoms with Crippen molar-refractivity contribution in [1.29, 1.82) is 0 Å². The molecular weight excluding hydrogens is 283 g/mol. The van der Waals surface area contributed by atoms with Crippen LogP contribution < -0.4 is 5.73 Å². The van der Waals surface area contributed by atoms with Crippen LogP contribution in [0.2, 0.25) is 10.0 Å². The molecule has 0 aromatic heterocycles. The van der Waals surface area contributed by atoms with E-state index in [-0.39, 0.29) is 11.9 Å². The summed E-state index contributed by atoms with van der Waals surface area (Å²) in [4.78, 5) is 14.0. The lowest BCUT2D eigenvalue weighted by atomic mass is 10.0. The summed E-state index contributed by atoms with van der Waals surface area (Å²) in [6.07, 6.45) is 3.06. The van der Waals surface area contributed by atoms with Gasteiger partial charge in [-0.1, -0.05) is 35.3 Å². The third kappa shape index (κ3) is 3.85. The Bertz CT molecular complexity index is 465. The van der Waals surface area contributed by atoms with Crippen LogP contribution in [0.25, 0.3) is 0 Å². The Kier molecular flexibility index (Phi) is 5.08. The number of carbonyl (C=O) groups is 1. The molecule has 1 aliphatic heterocycles. The van der Waals surface area contributed by atoms with E-state index >= 15 is 0 Å². The van der Waals surface area contributed by atoms with Crippen molar-refractivity contribution in [3.63, 3.8) is 0 Å². The van der Waals surface area contributed by atoms with Crippen molar-refractivity contribution in [2.45, 2.75) is 31.7 Å². The highest BCUT2D eigenvalue weighted by Crippen LogP contribution is 2.26. The van der Waals surface area contributed by atoms with Crippen LogP contribution in [0, 0.1) is 0 Å². The lowest BCUT2D eigenvalue weighted by molar-refractivity contribution is -0.132. The minimum absolute atomic E-state index is 0.118. The van der Waals surface area contributed by atoms with Crippen molar-refractivity contribution >= 4 is 29.1 Å². The van der Waals surface area contributed by atoms with Crippen LogP contribution in [0.1, 0.15) is 24.8 Å². The second kappa shape index (κ2) is 6.60. The Labute approximate surface area is 123 Å². The first-order chi connectivity index (χ1) is 9.08. The highest BCUT2D eigenvalue weighted by molar-refractivity contribution is 6.42. The van der Waals surface area contributed by atoms with Gasteiger partial charge in [-0.15, -0.1) is 0 Å². The Morgan fingerprint density at radius 2 is 2.21 bits per heavy atom. The lowest BCUT2D eigenvalue weighted by Crippen LogP contribution is -2.45. The zero-order chi connectivity index (χ0) is 13.8. The molecule has 3 nitrogen and oxygen atoms in total. The van der Waals surface area contributed by atoms with E-state index in [1.165, 1.54) is 0 Å². The van der Waals surface area contributed by atoms with Crippen LogP contribution in [0.15, 0.2) is 18.2 Å². The fraction of sp³-hybridized carbons (Fsp3) is 0.500. The highest BCUT2D eigenvalue weighted by Gasteiger charge is 2.21.